The number of piperidine rings is 1. The molecule has 0 unspecified atom stereocenters. The summed E-state index contributed by atoms with van der Waals surface area (Å²) >= 11 is 13.0. The number of nitrogens with zero attached hydrogens (tertiary/aromatic N) is 1. The lowest BCUT2D eigenvalue weighted by molar-refractivity contribution is -0.119. The van der Waals surface area contributed by atoms with Crippen molar-refractivity contribution in [2.75, 3.05) is 26.2 Å². The van der Waals surface area contributed by atoms with Gasteiger partial charge in [0.15, 0.2) is 0 Å². The van der Waals surface area contributed by atoms with E-state index >= 15 is 0 Å². The van der Waals surface area contributed by atoms with Crippen LogP contribution in [0.25, 0.3) is 0 Å². The summed E-state index contributed by atoms with van der Waals surface area (Å²) in [5.74, 6) is 0.0230. The van der Waals surface area contributed by atoms with E-state index in [9.17, 15) is 4.79 Å². The van der Waals surface area contributed by atoms with Gasteiger partial charge in [-0.3, -0.25) is 4.79 Å². The standard InChI is InChI=1S/C35H36Cl2N2O/c1-27(40)38-26-34(28-11-5-2-6-12-28)19-22-39(23-20-34)24-21-35(29-13-7-3-8-14-29,30-15-9-4-10-16-30)31-17-18-32(36)33(37)25-31/h2-18,25H,19-24,26H2,1H3,(H,38,40). The van der Waals surface area contributed by atoms with E-state index in [1.165, 1.54) is 16.7 Å². The number of carbonyl (C=O) groups is 1. The van der Waals surface area contributed by atoms with Gasteiger partial charge in [-0.2, -0.15) is 0 Å². The number of likely N-dealkylation sites (tertiary alicyclic amines) is 1. The third-order valence-corrected chi connectivity index (χ3v) is 9.36. The van der Waals surface area contributed by atoms with Crippen LogP contribution in [0, 0.1) is 0 Å². The van der Waals surface area contributed by atoms with Gasteiger partial charge in [0.25, 0.3) is 0 Å². The van der Waals surface area contributed by atoms with Crippen LogP contribution in [0.15, 0.2) is 109 Å². The molecular formula is C35H36Cl2N2O. The van der Waals surface area contributed by atoms with Crippen molar-refractivity contribution in [3.05, 3.63) is 141 Å². The Kier molecular flexibility index (Phi) is 8.95. The lowest BCUT2D eigenvalue weighted by atomic mass is 9.67. The molecule has 0 saturated carbocycles. The van der Waals surface area contributed by atoms with Gasteiger partial charge in [-0.1, -0.05) is 120 Å². The molecule has 3 nitrogen and oxygen atoms in total. The number of hydrogen-bond acceptors (Lipinski definition) is 2. The second-order valence-corrected chi connectivity index (χ2v) is 11.7. The Labute approximate surface area is 248 Å². The molecule has 1 heterocycles. The van der Waals surface area contributed by atoms with Gasteiger partial charge in [0.2, 0.25) is 5.91 Å². The Morgan fingerprint density at radius 1 is 0.775 bits per heavy atom. The SMILES string of the molecule is CC(=O)NCC1(c2ccccc2)CCN(CCC(c2ccccc2)(c2ccccc2)c2ccc(Cl)c(Cl)c2)CC1. The van der Waals surface area contributed by atoms with E-state index in [0.29, 0.717) is 16.6 Å². The van der Waals surface area contributed by atoms with Crippen molar-refractivity contribution in [3.63, 3.8) is 0 Å². The first-order valence-corrected chi connectivity index (χ1v) is 14.8. The van der Waals surface area contributed by atoms with Gasteiger partial charge in [0.1, 0.15) is 0 Å². The van der Waals surface area contributed by atoms with Crippen molar-refractivity contribution in [2.45, 2.75) is 37.0 Å². The lowest BCUT2D eigenvalue weighted by Crippen LogP contribution is -2.49. The molecule has 40 heavy (non-hydrogen) atoms. The monoisotopic (exact) mass is 570 g/mol. The summed E-state index contributed by atoms with van der Waals surface area (Å²) in [6, 6.07) is 38.2. The summed E-state index contributed by atoms with van der Waals surface area (Å²) in [4.78, 5) is 14.4. The van der Waals surface area contributed by atoms with Gasteiger partial charge in [-0.05, 0) is 73.3 Å². The minimum absolute atomic E-state index is 0.0230. The maximum Gasteiger partial charge on any atom is 0.216 e. The topological polar surface area (TPSA) is 32.3 Å². The Morgan fingerprint density at radius 3 is 1.85 bits per heavy atom. The van der Waals surface area contributed by atoms with Gasteiger partial charge in [-0.15, -0.1) is 0 Å². The second kappa shape index (κ2) is 12.6. The lowest BCUT2D eigenvalue weighted by Gasteiger charge is -2.44. The quantitative estimate of drug-likeness (QED) is 0.207. The number of amides is 1. The first kappa shape index (κ1) is 28.4. The molecule has 5 heteroatoms. The smallest absolute Gasteiger partial charge is 0.216 e. The molecule has 0 aliphatic carbocycles. The van der Waals surface area contributed by atoms with E-state index in [0.717, 1.165) is 44.5 Å². The first-order chi connectivity index (χ1) is 19.4. The maximum atomic E-state index is 11.8. The van der Waals surface area contributed by atoms with Gasteiger partial charge < -0.3 is 10.2 Å². The highest BCUT2D eigenvalue weighted by Gasteiger charge is 2.39. The van der Waals surface area contributed by atoms with E-state index < -0.39 is 0 Å². The zero-order valence-corrected chi connectivity index (χ0v) is 24.5. The Hall–Kier alpha value is -3.11. The van der Waals surface area contributed by atoms with Crippen molar-refractivity contribution >= 4 is 29.1 Å². The molecule has 0 radical (unpaired) electrons. The molecular weight excluding hydrogens is 535 g/mol. The predicted molar refractivity (Wildman–Crippen MR) is 166 cm³/mol. The molecule has 0 aromatic heterocycles. The zero-order valence-electron chi connectivity index (χ0n) is 23.0. The van der Waals surface area contributed by atoms with Crippen molar-refractivity contribution in [2.24, 2.45) is 0 Å². The minimum atomic E-state index is -0.388. The first-order valence-electron chi connectivity index (χ1n) is 14.0. The minimum Gasteiger partial charge on any atom is -0.355 e. The normalized spacial score (nSPS) is 15.5. The fourth-order valence-electron chi connectivity index (χ4n) is 6.32. The molecule has 5 rings (SSSR count). The van der Waals surface area contributed by atoms with Gasteiger partial charge >= 0.3 is 0 Å². The molecule has 1 N–H and O–H groups in total. The molecule has 1 amide bonds. The van der Waals surface area contributed by atoms with E-state index in [2.05, 4.69) is 107 Å². The maximum absolute atomic E-state index is 11.8. The predicted octanol–water partition coefficient (Wildman–Crippen LogP) is 7.89. The van der Waals surface area contributed by atoms with Gasteiger partial charge in [0, 0.05) is 24.3 Å². The summed E-state index contributed by atoms with van der Waals surface area (Å²) in [5.41, 5.74) is 4.48. The number of benzene rings is 4. The van der Waals surface area contributed by atoms with Crippen LogP contribution in [0.2, 0.25) is 10.0 Å². The highest BCUT2D eigenvalue weighted by Crippen LogP contribution is 2.44. The molecule has 1 aliphatic heterocycles. The van der Waals surface area contributed by atoms with Crippen LogP contribution in [0.5, 0.6) is 0 Å². The third kappa shape index (κ3) is 5.98. The fourth-order valence-corrected chi connectivity index (χ4v) is 6.62. The largest absolute Gasteiger partial charge is 0.355 e. The number of hydrogen-bond donors (Lipinski definition) is 1. The summed E-state index contributed by atoms with van der Waals surface area (Å²) < 4.78 is 0. The Morgan fingerprint density at radius 2 is 1.32 bits per heavy atom. The van der Waals surface area contributed by atoms with E-state index in [4.69, 9.17) is 23.2 Å². The number of carbonyl (C=O) groups excluding carboxylic acids is 1. The van der Waals surface area contributed by atoms with Crippen molar-refractivity contribution in [1.82, 2.24) is 10.2 Å². The molecule has 1 aliphatic rings. The molecule has 0 spiro atoms. The third-order valence-electron chi connectivity index (χ3n) is 8.62. The fraction of sp³-hybridized carbons (Fsp3) is 0.286. The number of rotatable bonds is 9. The van der Waals surface area contributed by atoms with Crippen molar-refractivity contribution in [3.8, 4) is 0 Å². The van der Waals surface area contributed by atoms with Crippen molar-refractivity contribution in [1.29, 1.82) is 0 Å². The van der Waals surface area contributed by atoms with Crippen LogP contribution in [0.4, 0.5) is 0 Å². The molecule has 4 aromatic carbocycles. The van der Waals surface area contributed by atoms with Crippen LogP contribution < -0.4 is 5.32 Å². The molecule has 0 atom stereocenters. The zero-order chi connectivity index (χ0) is 28.0. The number of nitrogens with one attached hydrogen (secondary N) is 1. The molecule has 0 bridgehead atoms. The van der Waals surface area contributed by atoms with E-state index in [1.807, 2.05) is 12.1 Å². The summed E-state index contributed by atoms with van der Waals surface area (Å²) in [6.45, 7) is 5.13. The molecule has 206 valence electrons. The highest BCUT2D eigenvalue weighted by molar-refractivity contribution is 6.42. The summed E-state index contributed by atoms with van der Waals surface area (Å²) in [7, 11) is 0. The molecule has 1 fully saturated rings. The van der Waals surface area contributed by atoms with E-state index in [1.54, 1.807) is 6.92 Å². The summed E-state index contributed by atoms with van der Waals surface area (Å²) in [5, 5.41) is 4.25. The van der Waals surface area contributed by atoms with Crippen molar-refractivity contribution < 1.29 is 4.79 Å². The van der Waals surface area contributed by atoms with Crippen LogP contribution in [-0.2, 0) is 15.6 Å². The van der Waals surface area contributed by atoms with Crippen LogP contribution >= 0.6 is 23.2 Å². The van der Waals surface area contributed by atoms with Gasteiger partial charge in [-0.25, -0.2) is 0 Å². The molecule has 4 aromatic rings. The summed E-state index contributed by atoms with van der Waals surface area (Å²) in [6.07, 6.45) is 2.88. The average molecular weight is 572 g/mol. The van der Waals surface area contributed by atoms with Crippen LogP contribution in [0.1, 0.15) is 48.4 Å². The number of halogens is 2. The van der Waals surface area contributed by atoms with Gasteiger partial charge in [0.05, 0.1) is 10.0 Å². The average Bonchev–Trinajstić information content (AvgIpc) is 3.00. The molecule has 1 saturated heterocycles. The van der Waals surface area contributed by atoms with E-state index in [-0.39, 0.29) is 16.7 Å². The van der Waals surface area contributed by atoms with Crippen LogP contribution in [0.3, 0.4) is 0 Å². The Balaban J connectivity index is 1.45. The second-order valence-electron chi connectivity index (χ2n) is 10.9. The Bertz CT molecular complexity index is 1360. The highest BCUT2D eigenvalue weighted by atomic mass is 35.5. The van der Waals surface area contributed by atoms with Crippen LogP contribution in [-0.4, -0.2) is 37.0 Å².